The molecule has 0 radical (unpaired) electrons. The van der Waals surface area contributed by atoms with Gasteiger partial charge in [-0.3, -0.25) is 4.57 Å². The standard InChI is InChI=1S/C32H56IN5O4SSi3/c1-30(2,3)44(10,11)39-18-20-24(41-45(12,13)31(4,5)6)25(42-46(14,15)32(7,8)9)29(40-20)38-19-35-23-26(34)36-27(37-28(23)38)21-16-17-22(33)43-21/h16-17,19-20,24-25,29H,18H2,1-15H3,(H2,34,36,37)/t20-,24-,25-,29?/m1/s1. The molecule has 0 aliphatic carbocycles. The van der Waals surface area contributed by atoms with Crippen LogP contribution in [0.15, 0.2) is 18.5 Å². The van der Waals surface area contributed by atoms with Gasteiger partial charge in [-0.25, -0.2) is 15.0 Å². The molecule has 14 heteroatoms. The summed E-state index contributed by atoms with van der Waals surface area (Å²) in [5.74, 6) is 0.917. The van der Waals surface area contributed by atoms with E-state index in [-0.39, 0.29) is 27.3 Å². The van der Waals surface area contributed by atoms with E-state index in [0.29, 0.717) is 29.4 Å². The van der Waals surface area contributed by atoms with Crippen molar-refractivity contribution in [3.8, 4) is 10.7 Å². The van der Waals surface area contributed by atoms with E-state index in [1.807, 2.05) is 10.6 Å². The number of thiophene rings is 1. The third-order valence-electron chi connectivity index (χ3n) is 10.7. The lowest BCUT2D eigenvalue weighted by Crippen LogP contribution is -2.54. The number of halogens is 1. The zero-order valence-electron chi connectivity index (χ0n) is 30.5. The van der Waals surface area contributed by atoms with E-state index >= 15 is 0 Å². The lowest BCUT2D eigenvalue weighted by Gasteiger charge is -2.44. The average Bonchev–Trinajstić information content (AvgIpc) is 3.58. The molecular weight excluding hydrogens is 762 g/mol. The number of hydrogen-bond acceptors (Lipinski definition) is 9. The Kier molecular flexibility index (Phi) is 10.6. The normalized spacial score (nSPS) is 22.3. The van der Waals surface area contributed by atoms with Crippen LogP contribution in [0.2, 0.25) is 54.4 Å². The second kappa shape index (κ2) is 12.9. The first-order chi connectivity index (χ1) is 20.8. The van der Waals surface area contributed by atoms with Crippen LogP contribution in [-0.4, -0.2) is 69.4 Å². The van der Waals surface area contributed by atoms with Gasteiger partial charge in [-0.1, -0.05) is 62.3 Å². The third-order valence-corrected chi connectivity index (χ3v) is 26.0. The van der Waals surface area contributed by atoms with E-state index < -0.39 is 37.3 Å². The molecule has 0 amide bonds. The molecule has 46 heavy (non-hydrogen) atoms. The largest absolute Gasteiger partial charge is 0.414 e. The second-order valence-corrected chi connectivity index (χ2v) is 34.5. The van der Waals surface area contributed by atoms with Gasteiger partial charge in [0.05, 0.1) is 20.7 Å². The fraction of sp³-hybridized carbons (Fsp3) is 0.719. The van der Waals surface area contributed by atoms with Crippen LogP contribution in [0, 0.1) is 2.88 Å². The molecule has 1 fully saturated rings. The summed E-state index contributed by atoms with van der Waals surface area (Å²) < 4.78 is 31.7. The lowest BCUT2D eigenvalue weighted by atomic mass is 10.1. The summed E-state index contributed by atoms with van der Waals surface area (Å²) in [7, 11) is -6.68. The van der Waals surface area contributed by atoms with Gasteiger partial charge in [0.1, 0.15) is 23.8 Å². The Morgan fingerprint density at radius 2 is 1.39 bits per heavy atom. The van der Waals surface area contributed by atoms with Gasteiger partial charge in [0.25, 0.3) is 0 Å². The highest BCUT2D eigenvalue weighted by Crippen LogP contribution is 2.47. The molecule has 3 aromatic heterocycles. The Morgan fingerprint density at radius 3 is 1.89 bits per heavy atom. The Morgan fingerprint density at radius 1 is 0.848 bits per heavy atom. The van der Waals surface area contributed by atoms with E-state index in [4.69, 9.17) is 33.7 Å². The number of nitrogen functional groups attached to an aromatic ring is 1. The molecule has 0 spiro atoms. The zero-order chi connectivity index (χ0) is 34.8. The van der Waals surface area contributed by atoms with Crippen molar-refractivity contribution in [3.05, 3.63) is 21.3 Å². The highest BCUT2D eigenvalue weighted by molar-refractivity contribution is 14.1. The first-order valence-electron chi connectivity index (χ1n) is 16.2. The monoisotopic (exact) mass is 817 g/mol. The topological polar surface area (TPSA) is 107 Å². The van der Waals surface area contributed by atoms with E-state index in [1.54, 1.807) is 17.7 Å². The molecule has 0 aromatic carbocycles. The average molecular weight is 818 g/mol. The van der Waals surface area contributed by atoms with Crippen molar-refractivity contribution in [1.29, 1.82) is 0 Å². The van der Waals surface area contributed by atoms with Crippen LogP contribution in [0.25, 0.3) is 21.9 Å². The number of nitrogens with two attached hydrogens (primary N) is 1. The summed E-state index contributed by atoms with van der Waals surface area (Å²) in [5.41, 5.74) is 7.68. The third kappa shape index (κ3) is 7.69. The Balaban J connectivity index is 1.88. The van der Waals surface area contributed by atoms with Crippen molar-refractivity contribution in [3.63, 3.8) is 0 Å². The van der Waals surface area contributed by atoms with Crippen LogP contribution >= 0.6 is 33.9 Å². The van der Waals surface area contributed by atoms with Gasteiger partial charge in [-0.2, -0.15) is 0 Å². The first-order valence-corrected chi connectivity index (χ1v) is 26.8. The fourth-order valence-electron chi connectivity index (χ4n) is 4.54. The summed E-state index contributed by atoms with van der Waals surface area (Å²) in [5, 5.41) is 0.0265. The maximum atomic E-state index is 7.34. The number of nitrogens with zero attached hydrogens (tertiary/aromatic N) is 4. The Bertz CT molecular complexity index is 1540. The van der Waals surface area contributed by atoms with Crippen LogP contribution in [0.4, 0.5) is 5.82 Å². The number of anilines is 1. The maximum Gasteiger partial charge on any atom is 0.192 e. The number of rotatable bonds is 9. The summed E-state index contributed by atoms with van der Waals surface area (Å²) in [6, 6.07) is 4.08. The van der Waals surface area contributed by atoms with Crippen molar-refractivity contribution in [2.75, 3.05) is 12.3 Å². The molecule has 3 aromatic rings. The molecule has 1 aliphatic rings. The van der Waals surface area contributed by atoms with Gasteiger partial charge >= 0.3 is 0 Å². The fourth-order valence-corrected chi connectivity index (χ4v) is 9.72. The smallest absolute Gasteiger partial charge is 0.192 e. The molecule has 4 rings (SSSR count). The number of imidazole rings is 1. The molecular formula is C32H56IN5O4SSi3. The number of hydrogen-bond donors (Lipinski definition) is 1. The first kappa shape index (κ1) is 38.1. The molecule has 258 valence electrons. The van der Waals surface area contributed by atoms with E-state index in [1.165, 1.54) is 0 Å². The van der Waals surface area contributed by atoms with E-state index in [0.717, 1.165) is 7.76 Å². The predicted molar refractivity (Wildman–Crippen MR) is 207 cm³/mol. The van der Waals surface area contributed by atoms with Crippen LogP contribution < -0.4 is 5.73 Å². The molecule has 1 aliphatic heterocycles. The molecule has 1 saturated heterocycles. The van der Waals surface area contributed by atoms with E-state index in [2.05, 4.69) is 135 Å². The molecule has 4 heterocycles. The zero-order valence-corrected chi connectivity index (χ0v) is 36.5. The molecule has 0 saturated carbocycles. The highest BCUT2D eigenvalue weighted by atomic mass is 127. The summed E-state index contributed by atoms with van der Waals surface area (Å²) in [6.45, 7) is 34.5. The highest BCUT2D eigenvalue weighted by Gasteiger charge is 2.55. The number of fused-ring (bicyclic) bond motifs is 1. The van der Waals surface area contributed by atoms with Gasteiger partial charge in [-0.15, -0.1) is 11.3 Å². The van der Waals surface area contributed by atoms with Crippen molar-refractivity contribution >= 4 is 75.9 Å². The van der Waals surface area contributed by atoms with Gasteiger partial charge < -0.3 is 23.7 Å². The quantitative estimate of drug-likeness (QED) is 0.168. The van der Waals surface area contributed by atoms with Gasteiger partial charge in [0, 0.05) is 0 Å². The minimum absolute atomic E-state index is 0.00600. The molecule has 0 bridgehead atoms. The van der Waals surface area contributed by atoms with Crippen LogP contribution in [0.5, 0.6) is 0 Å². The van der Waals surface area contributed by atoms with Crippen LogP contribution in [0.1, 0.15) is 68.5 Å². The SMILES string of the molecule is CC(C)(C)[Si](C)(C)OC[C@H]1OC(n2cnc3c(N)nc(-c4ccc(I)s4)nc32)[C@H](O[Si](C)(C)C(C)(C)C)[C@@H]1O[Si](C)(C)C(C)(C)C. The molecule has 2 N–H and O–H groups in total. The van der Waals surface area contributed by atoms with Gasteiger partial charge in [-0.05, 0) is 89.1 Å². The second-order valence-electron chi connectivity index (χ2n) is 17.2. The molecule has 9 nitrogen and oxygen atoms in total. The van der Waals surface area contributed by atoms with Crippen molar-refractivity contribution in [1.82, 2.24) is 19.5 Å². The predicted octanol–water partition coefficient (Wildman–Crippen LogP) is 9.44. The van der Waals surface area contributed by atoms with Crippen LogP contribution in [0.3, 0.4) is 0 Å². The van der Waals surface area contributed by atoms with Gasteiger partial charge in [0.2, 0.25) is 0 Å². The van der Waals surface area contributed by atoms with E-state index in [9.17, 15) is 0 Å². The van der Waals surface area contributed by atoms with Crippen molar-refractivity contribution in [2.24, 2.45) is 0 Å². The summed E-state index contributed by atoms with van der Waals surface area (Å²) >= 11 is 3.94. The van der Waals surface area contributed by atoms with Crippen LogP contribution in [-0.2, 0) is 18.0 Å². The Labute approximate surface area is 297 Å². The van der Waals surface area contributed by atoms with Crippen molar-refractivity contribution in [2.45, 2.75) is 141 Å². The Hall–Kier alpha value is -0.729. The molecule has 1 unspecified atom stereocenters. The lowest BCUT2D eigenvalue weighted by molar-refractivity contribution is -0.0470. The number of aromatic nitrogens is 4. The van der Waals surface area contributed by atoms with Crippen molar-refractivity contribution < 1.29 is 18.0 Å². The minimum Gasteiger partial charge on any atom is -0.414 e. The van der Waals surface area contributed by atoms with Gasteiger partial charge in [0.15, 0.2) is 48.5 Å². The maximum absolute atomic E-state index is 7.34. The minimum atomic E-state index is -2.31. The number of ether oxygens (including phenoxy) is 1. The molecule has 4 atom stereocenters. The summed E-state index contributed by atoms with van der Waals surface area (Å²) in [4.78, 5) is 15.3. The summed E-state index contributed by atoms with van der Waals surface area (Å²) in [6.07, 6.45) is 0.109.